The predicted molar refractivity (Wildman–Crippen MR) is 63.7 cm³/mol. The minimum absolute atomic E-state index is 0.0691. The molecule has 0 bridgehead atoms. The molecule has 2 N–H and O–H groups in total. The maximum Gasteiger partial charge on any atom is 0.238 e. The van der Waals surface area contributed by atoms with Crippen molar-refractivity contribution in [3.8, 4) is 0 Å². The van der Waals surface area contributed by atoms with Gasteiger partial charge in [-0.25, -0.2) is 8.78 Å². The molecule has 1 saturated carbocycles. The second kappa shape index (κ2) is 5.10. The summed E-state index contributed by atoms with van der Waals surface area (Å²) in [6, 6.07) is 2.58. The molecule has 1 fully saturated rings. The Morgan fingerprint density at radius 2 is 1.94 bits per heavy atom. The Balaban J connectivity index is 1.99. The van der Waals surface area contributed by atoms with E-state index in [1.807, 2.05) is 0 Å². The van der Waals surface area contributed by atoms with Crippen LogP contribution in [0.5, 0.6) is 0 Å². The van der Waals surface area contributed by atoms with Crippen LogP contribution in [0.3, 0.4) is 0 Å². The number of carbonyl (C=O) groups excluding carboxylic acids is 1. The molecule has 1 aromatic rings. The second-order valence-electron chi connectivity index (χ2n) is 3.95. The molecule has 6 heteroatoms. The molecule has 1 amide bonds. The van der Waals surface area contributed by atoms with Crippen LogP contribution in [-0.4, -0.2) is 18.5 Å². The van der Waals surface area contributed by atoms with Crippen LogP contribution in [-0.2, 0) is 4.79 Å². The highest BCUT2D eigenvalue weighted by atomic mass is 79.9. The second-order valence-corrected chi connectivity index (χ2v) is 4.86. The van der Waals surface area contributed by atoms with Crippen molar-refractivity contribution in [3.63, 3.8) is 0 Å². The van der Waals surface area contributed by atoms with Crippen LogP contribution >= 0.6 is 15.9 Å². The van der Waals surface area contributed by atoms with Gasteiger partial charge < -0.3 is 10.6 Å². The minimum Gasteiger partial charge on any atom is -0.320 e. The number of halogens is 3. The third-order valence-electron chi connectivity index (χ3n) is 2.40. The molecule has 1 aliphatic rings. The van der Waals surface area contributed by atoms with E-state index in [0.717, 1.165) is 25.0 Å². The lowest BCUT2D eigenvalue weighted by molar-refractivity contribution is -0.115. The molecule has 2 rings (SSSR count). The summed E-state index contributed by atoms with van der Waals surface area (Å²) < 4.78 is 27.0. The van der Waals surface area contributed by atoms with Gasteiger partial charge in [-0.2, -0.15) is 0 Å². The van der Waals surface area contributed by atoms with Gasteiger partial charge in [-0.1, -0.05) is 15.9 Å². The van der Waals surface area contributed by atoms with Gasteiger partial charge in [-0.05, 0) is 25.0 Å². The highest BCUT2D eigenvalue weighted by Gasteiger charge is 2.21. The Hall–Kier alpha value is -1.01. The third kappa shape index (κ3) is 3.47. The molecular formula is C11H11BrF2N2O. The summed E-state index contributed by atoms with van der Waals surface area (Å²) in [6.45, 7) is 0.0691. The summed E-state index contributed by atoms with van der Waals surface area (Å²) >= 11 is 2.97. The fourth-order valence-corrected chi connectivity index (χ4v) is 1.77. The van der Waals surface area contributed by atoms with E-state index in [0.29, 0.717) is 10.5 Å². The Kier molecular flexibility index (Phi) is 3.73. The van der Waals surface area contributed by atoms with E-state index in [2.05, 4.69) is 26.6 Å². The summed E-state index contributed by atoms with van der Waals surface area (Å²) in [5, 5.41) is 5.18. The van der Waals surface area contributed by atoms with Crippen molar-refractivity contribution in [1.29, 1.82) is 0 Å². The Labute approximate surface area is 106 Å². The van der Waals surface area contributed by atoms with Gasteiger partial charge in [0.25, 0.3) is 0 Å². The standard InChI is InChI=1S/C11H11BrF2N2O/c12-6-3-8(13)11(9(14)4-6)16-10(17)5-15-7-1-2-7/h3-4,7,15H,1-2,5H2,(H,16,17). The minimum atomic E-state index is -0.795. The van der Waals surface area contributed by atoms with Gasteiger partial charge in [0, 0.05) is 10.5 Å². The predicted octanol–water partition coefficient (Wildman–Crippen LogP) is 2.42. The van der Waals surface area contributed by atoms with Crippen molar-refractivity contribution >= 4 is 27.5 Å². The number of anilines is 1. The van der Waals surface area contributed by atoms with Crippen LogP contribution in [0.25, 0.3) is 0 Å². The monoisotopic (exact) mass is 304 g/mol. The normalized spacial score (nSPS) is 14.8. The van der Waals surface area contributed by atoms with Crippen LogP contribution in [0.1, 0.15) is 12.8 Å². The van der Waals surface area contributed by atoms with Crippen molar-refractivity contribution < 1.29 is 13.6 Å². The van der Waals surface area contributed by atoms with Gasteiger partial charge >= 0.3 is 0 Å². The third-order valence-corrected chi connectivity index (χ3v) is 2.86. The van der Waals surface area contributed by atoms with E-state index in [4.69, 9.17) is 0 Å². The van der Waals surface area contributed by atoms with Crippen LogP contribution in [0, 0.1) is 11.6 Å². The topological polar surface area (TPSA) is 41.1 Å². The van der Waals surface area contributed by atoms with E-state index < -0.39 is 23.2 Å². The number of carbonyl (C=O) groups is 1. The highest BCUT2D eigenvalue weighted by molar-refractivity contribution is 9.10. The van der Waals surface area contributed by atoms with Gasteiger partial charge in [0.15, 0.2) is 11.6 Å². The lowest BCUT2D eigenvalue weighted by Gasteiger charge is -2.08. The van der Waals surface area contributed by atoms with E-state index in [1.54, 1.807) is 0 Å². The van der Waals surface area contributed by atoms with Crippen LogP contribution < -0.4 is 10.6 Å². The van der Waals surface area contributed by atoms with Crippen LogP contribution in [0.15, 0.2) is 16.6 Å². The fraction of sp³-hybridized carbons (Fsp3) is 0.364. The maximum absolute atomic E-state index is 13.4. The van der Waals surface area contributed by atoms with Crippen molar-refractivity contribution in [3.05, 3.63) is 28.2 Å². The number of nitrogens with one attached hydrogen (secondary N) is 2. The number of hydrogen-bond acceptors (Lipinski definition) is 2. The number of amides is 1. The van der Waals surface area contributed by atoms with E-state index >= 15 is 0 Å². The number of benzene rings is 1. The first-order chi connectivity index (χ1) is 8.06. The molecule has 0 aromatic heterocycles. The lowest BCUT2D eigenvalue weighted by atomic mass is 10.3. The molecule has 1 aliphatic carbocycles. The average Bonchev–Trinajstić information content (AvgIpc) is 3.04. The summed E-state index contributed by atoms with van der Waals surface area (Å²) in [4.78, 5) is 11.4. The fourth-order valence-electron chi connectivity index (χ4n) is 1.37. The SMILES string of the molecule is O=C(CNC1CC1)Nc1c(F)cc(Br)cc1F. The van der Waals surface area contributed by atoms with Gasteiger partial charge in [0.1, 0.15) is 5.69 Å². The first-order valence-electron chi connectivity index (χ1n) is 5.24. The average molecular weight is 305 g/mol. The van der Waals surface area contributed by atoms with Crippen molar-refractivity contribution in [2.45, 2.75) is 18.9 Å². The molecule has 0 heterocycles. The largest absolute Gasteiger partial charge is 0.320 e. The molecule has 0 aliphatic heterocycles. The Morgan fingerprint density at radius 3 is 2.47 bits per heavy atom. The maximum atomic E-state index is 13.4. The molecule has 0 atom stereocenters. The molecule has 0 radical (unpaired) electrons. The molecule has 17 heavy (non-hydrogen) atoms. The summed E-state index contributed by atoms with van der Waals surface area (Å²) in [5.74, 6) is -2.04. The Morgan fingerprint density at radius 1 is 1.35 bits per heavy atom. The van der Waals surface area contributed by atoms with Crippen molar-refractivity contribution in [2.75, 3.05) is 11.9 Å². The van der Waals surface area contributed by atoms with Gasteiger partial charge in [-0.3, -0.25) is 4.79 Å². The number of hydrogen-bond donors (Lipinski definition) is 2. The van der Waals surface area contributed by atoms with Crippen LogP contribution in [0.2, 0.25) is 0 Å². The van der Waals surface area contributed by atoms with Crippen molar-refractivity contribution in [2.24, 2.45) is 0 Å². The molecule has 0 saturated heterocycles. The first kappa shape index (κ1) is 12.4. The summed E-state index contributed by atoms with van der Waals surface area (Å²) in [6.07, 6.45) is 2.10. The van der Waals surface area contributed by atoms with Gasteiger partial charge in [0.05, 0.1) is 6.54 Å². The Bertz CT molecular complexity index is 426. The first-order valence-corrected chi connectivity index (χ1v) is 6.03. The van der Waals surface area contributed by atoms with E-state index in [-0.39, 0.29) is 6.54 Å². The van der Waals surface area contributed by atoms with Gasteiger partial charge in [-0.15, -0.1) is 0 Å². The summed E-state index contributed by atoms with van der Waals surface area (Å²) in [7, 11) is 0. The number of rotatable bonds is 4. The lowest BCUT2D eigenvalue weighted by Crippen LogP contribution is -2.30. The van der Waals surface area contributed by atoms with E-state index in [9.17, 15) is 13.6 Å². The molecule has 92 valence electrons. The molecule has 1 aromatic carbocycles. The molecule has 0 spiro atoms. The quantitative estimate of drug-likeness (QED) is 0.897. The zero-order chi connectivity index (χ0) is 12.4. The van der Waals surface area contributed by atoms with Crippen LogP contribution in [0.4, 0.5) is 14.5 Å². The zero-order valence-corrected chi connectivity index (χ0v) is 10.5. The zero-order valence-electron chi connectivity index (χ0n) is 8.90. The highest BCUT2D eigenvalue weighted by Crippen LogP contribution is 2.23. The summed E-state index contributed by atoms with van der Waals surface area (Å²) in [5.41, 5.74) is -0.407. The smallest absolute Gasteiger partial charge is 0.238 e. The molecule has 3 nitrogen and oxygen atoms in total. The van der Waals surface area contributed by atoms with Crippen molar-refractivity contribution in [1.82, 2.24) is 5.32 Å². The van der Waals surface area contributed by atoms with Gasteiger partial charge in [0.2, 0.25) is 5.91 Å². The van der Waals surface area contributed by atoms with E-state index in [1.165, 1.54) is 0 Å². The molecular weight excluding hydrogens is 294 g/mol. The molecule has 0 unspecified atom stereocenters.